The summed E-state index contributed by atoms with van der Waals surface area (Å²) in [5.74, 6) is 0.0965. The van der Waals surface area contributed by atoms with Gasteiger partial charge in [-0.25, -0.2) is 0 Å². The molecule has 3 rings (SSSR count). The van der Waals surface area contributed by atoms with Crippen LogP contribution < -0.4 is 5.32 Å². The summed E-state index contributed by atoms with van der Waals surface area (Å²) in [6.45, 7) is 11.1. The Balaban J connectivity index is 1.51. The second-order valence-corrected chi connectivity index (χ2v) is 8.70. The normalized spacial score (nSPS) is 15.7. The topological polar surface area (TPSA) is 59.4 Å². The van der Waals surface area contributed by atoms with Crippen LogP contribution in [0.25, 0.3) is 11.1 Å². The van der Waals surface area contributed by atoms with Crippen molar-refractivity contribution >= 4 is 5.91 Å². The standard InChI is InChI=1S/C24H30N4O/c1-24(2,3)26-23(29)18-28-14-12-27(13-15-28)17-19-8-10-20(11-9-19)22-7-5-4-6-21(22)16-25/h4-11H,12-15,17-18H2,1-3H3,(H,26,29). The van der Waals surface area contributed by atoms with E-state index in [4.69, 9.17) is 0 Å². The minimum Gasteiger partial charge on any atom is -0.350 e. The molecule has 0 aliphatic carbocycles. The number of amides is 1. The van der Waals surface area contributed by atoms with E-state index >= 15 is 0 Å². The maximum atomic E-state index is 12.1. The van der Waals surface area contributed by atoms with Crippen molar-refractivity contribution in [3.05, 3.63) is 59.7 Å². The predicted octanol–water partition coefficient (Wildman–Crippen LogP) is 3.26. The molecule has 0 saturated carbocycles. The van der Waals surface area contributed by atoms with Crippen LogP contribution in [0.4, 0.5) is 0 Å². The number of piperazine rings is 1. The van der Waals surface area contributed by atoms with Crippen LogP contribution in [-0.4, -0.2) is 54.0 Å². The van der Waals surface area contributed by atoms with Gasteiger partial charge in [0.2, 0.25) is 5.91 Å². The predicted molar refractivity (Wildman–Crippen MR) is 116 cm³/mol. The third kappa shape index (κ3) is 6.15. The number of nitrogens with zero attached hydrogens (tertiary/aromatic N) is 3. The van der Waals surface area contributed by atoms with Crippen molar-refractivity contribution < 1.29 is 4.79 Å². The molecule has 5 nitrogen and oxygen atoms in total. The highest BCUT2D eigenvalue weighted by Gasteiger charge is 2.21. The zero-order valence-electron chi connectivity index (χ0n) is 17.6. The fraction of sp³-hybridized carbons (Fsp3) is 0.417. The SMILES string of the molecule is CC(C)(C)NC(=O)CN1CCN(Cc2ccc(-c3ccccc3C#N)cc2)CC1. The Labute approximate surface area is 173 Å². The molecule has 2 aromatic carbocycles. The van der Waals surface area contributed by atoms with Gasteiger partial charge in [-0.3, -0.25) is 14.6 Å². The second-order valence-electron chi connectivity index (χ2n) is 8.70. The van der Waals surface area contributed by atoms with Gasteiger partial charge in [0.1, 0.15) is 0 Å². The van der Waals surface area contributed by atoms with Gasteiger partial charge in [0.15, 0.2) is 0 Å². The molecular weight excluding hydrogens is 360 g/mol. The molecule has 29 heavy (non-hydrogen) atoms. The van der Waals surface area contributed by atoms with E-state index in [1.807, 2.05) is 45.0 Å². The van der Waals surface area contributed by atoms with Crippen molar-refractivity contribution in [3.8, 4) is 17.2 Å². The smallest absolute Gasteiger partial charge is 0.234 e. The molecule has 0 unspecified atom stereocenters. The summed E-state index contributed by atoms with van der Waals surface area (Å²) >= 11 is 0. The summed E-state index contributed by atoms with van der Waals surface area (Å²) < 4.78 is 0. The molecule has 1 heterocycles. The molecular formula is C24H30N4O. The molecule has 1 aliphatic heterocycles. The zero-order chi connectivity index (χ0) is 20.9. The van der Waals surface area contributed by atoms with E-state index in [0.717, 1.165) is 43.9 Å². The summed E-state index contributed by atoms with van der Waals surface area (Å²) in [5, 5.41) is 12.3. The average molecular weight is 391 g/mol. The average Bonchev–Trinajstić information content (AvgIpc) is 2.68. The quantitative estimate of drug-likeness (QED) is 0.851. The van der Waals surface area contributed by atoms with Gasteiger partial charge >= 0.3 is 0 Å². The van der Waals surface area contributed by atoms with E-state index in [1.54, 1.807) is 0 Å². The number of nitriles is 1. The van der Waals surface area contributed by atoms with Crippen LogP contribution in [0.1, 0.15) is 31.9 Å². The van der Waals surface area contributed by atoms with Gasteiger partial charge in [-0.2, -0.15) is 5.26 Å². The highest BCUT2D eigenvalue weighted by Crippen LogP contribution is 2.24. The lowest BCUT2D eigenvalue weighted by Crippen LogP contribution is -2.51. The van der Waals surface area contributed by atoms with Crippen LogP contribution in [0.2, 0.25) is 0 Å². The lowest BCUT2D eigenvalue weighted by Gasteiger charge is -2.35. The first-order valence-corrected chi connectivity index (χ1v) is 10.2. The first-order chi connectivity index (χ1) is 13.8. The van der Waals surface area contributed by atoms with Gasteiger partial charge in [0.05, 0.1) is 18.2 Å². The van der Waals surface area contributed by atoms with Gasteiger partial charge in [0, 0.05) is 38.3 Å². The molecule has 0 radical (unpaired) electrons. The Morgan fingerprint density at radius 1 is 1.00 bits per heavy atom. The summed E-state index contributed by atoms with van der Waals surface area (Å²) in [7, 11) is 0. The maximum Gasteiger partial charge on any atom is 0.234 e. The molecule has 1 aliphatic rings. The number of nitrogens with one attached hydrogen (secondary N) is 1. The zero-order valence-corrected chi connectivity index (χ0v) is 17.6. The number of benzene rings is 2. The minimum absolute atomic E-state index is 0.0965. The summed E-state index contributed by atoms with van der Waals surface area (Å²) in [6, 6.07) is 18.4. The molecule has 1 N–H and O–H groups in total. The van der Waals surface area contributed by atoms with Crippen molar-refractivity contribution in [2.45, 2.75) is 32.9 Å². The third-order valence-corrected chi connectivity index (χ3v) is 5.07. The van der Waals surface area contributed by atoms with Crippen molar-refractivity contribution in [1.82, 2.24) is 15.1 Å². The largest absolute Gasteiger partial charge is 0.350 e. The van der Waals surface area contributed by atoms with E-state index in [9.17, 15) is 10.1 Å². The van der Waals surface area contributed by atoms with E-state index in [-0.39, 0.29) is 11.4 Å². The molecule has 0 atom stereocenters. The Morgan fingerprint density at radius 2 is 1.62 bits per heavy atom. The Hall–Kier alpha value is -2.68. The van der Waals surface area contributed by atoms with Gasteiger partial charge in [-0.05, 0) is 43.5 Å². The van der Waals surface area contributed by atoms with E-state index in [2.05, 4.69) is 45.5 Å². The van der Waals surface area contributed by atoms with E-state index in [0.29, 0.717) is 12.1 Å². The number of carbonyl (C=O) groups is 1. The molecule has 5 heteroatoms. The minimum atomic E-state index is -0.182. The fourth-order valence-corrected chi connectivity index (χ4v) is 3.65. The lowest BCUT2D eigenvalue weighted by atomic mass is 9.99. The van der Waals surface area contributed by atoms with Crippen molar-refractivity contribution in [3.63, 3.8) is 0 Å². The molecule has 1 amide bonds. The van der Waals surface area contributed by atoms with E-state index in [1.165, 1.54) is 5.56 Å². The van der Waals surface area contributed by atoms with Crippen LogP contribution in [0.15, 0.2) is 48.5 Å². The maximum absolute atomic E-state index is 12.1. The summed E-state index contributed by atoms with van der Waals surface area (Å²) in [6.07, 6.45) is 0. The van der Waals surface area contributed by atoms with Gasteiger partial charge in [-0.1, -0.05) is 42.5 Å². The summed E-state index contributed by atoms with van der Waals surface area (Å²) in [5.41, 5.74) is 3.83. The Bertz CT molecular complexity index is 869. The molecule has 1 fully saturated rings. The monoisotopic (exact) mass is 390 g/mol. The fourth-order valence-electron chi connectivity index (χ4n) is 3.65. The highest BCUT2D eigenvalue weighted by molar-refractivity contribution is 5.78. The Kier molecular flexibility index (Phi) is 6.68. The highest BCUT2D eigenvalue weighted by atomic mass is 16.2. The van der Waals surface area contributed by atoms with Gasteiger partial charge in [-0.15, -0.1) is 0 Å². The third-order valence-electron chi connectivity index (χ3n) is 5.07. The second kappa shape index (κ2) is 9.21. The van der Waals surface area contributed by atoms with Gasteiger partial charge < -0.3 is 5.32 Å². The number of carbonyl (C=O) groups excluding carboxylic acids is 1. The first-order valence-electron chi connectivity index (χ1n) is 10.2. The Morgan fingerprint density at radius 3 is 2.24 bits per heavy atom. The summed E-state index contributed by atoms with van der Waals surface area (Å²) in [4.78, 5) is 16.8. The van der Waals surface area contributed by atoms with E-state index < -0.39 is 0 Å². The number of hydrogen-bond donors (Lipinski definition) is 1. The van der Waals surface area contributed by atoms with Crippen LogP contribution in [0.3, 0.4) is 0 Å². The molecule has 0 aromatic heterocycles. The lowest BCUT2D eigenvalue weighted by molar-refractivity contribution is -0.124. The molecule has 152 valence electrons. The molecule has 1 saturated heterocycles. The van der Waals surface area contributed by atoms with Gasteiger partial charge in [0.25, 0.3) is 0 Å². The van der Waals surface area contributed by atoms with Crippen LogP contribution in [0, 0.1) is 11.3 Å². The van der Waals surface area contributed by atoms with Crippen LogP contribution >= 0.6 is 0 Å². The van der Waals surface area contributed by atoms with Crippen LogP contribution in [-0.2, 0) is 11.3 Å². The number of rotatable bonds is 5. The first kappa shape index (κ1) is 21.0. The molecule has 0 spiro atoms. The van der Waals surface area contributed by atoms with Crippen molar-refractivity contribution in [1.29, 1.82) is 5.26 Å². The van der Waals surface area contributed by atoms with Crippen molar-refractivity contribution in [2.24, 2.45) is 0 Å². The molecule has 0 bridgehead atoms. The number of hydrogen-bond acceptors (Lipinski definition) is 4. The van der Waals surface area contributed by atoms with Crippen LogP contribution in [0.5, 0.6) is 0 Å². The van der Waals surface area contributed by atoms with Crippen molar-refractivity contribution in [2.75, 3.05) is 32.7 Å². The molecule has 2 aromatic rings.